The minimum atomic E-state index is -0.202. The molecule has 2 unspecified atom stereocenters. The smallest absolute Gasteiger partial charge is 0.275 e. The van der Waals surface area contributed by atoms with Gasteiger partial charge in [-0.15, -0.1) is 11.3 Å². The Hall–Kier alpha value is -0.910. The minimum Gasteiger partial charge on any atom is -0.298 e. The lowest BCUT2D eigenvalue weighted by Crippen LogP contribution is -2.37. The van der Waals surface area contributed by atoms with E-state index in [4.69, 9.17) is 5.84 Å². The van der Waals surface area contributed by atoms with Crippen molar-refractivity contribution in [2.75, 3.05) is 13.1 Å². The second kappa shape index (κ2) is 5.82. The van der Waals surface area contributed by atoms with Gasteiger partial charge >= 0.3 is 0 Å². The molecule has 1 saturated heterocycles. The molecule has 3 N–H and O–H groups in total. The second-order valence-corrected chi connectivity index (χ2v) is 6.39. The van der Waals surface area contributed by atoms with Crippen LogP contribution in [0.5, 0.6) is 0 Å². The molecular formula is C13H21N3OS. The first-order valence-corrected chi connectivity index (χ1v) is 7.23. The van der Waals surface area contributed by atoms with Crippen LogP contribution in [0.25, 0.3) is 0 Å². The van der Waals surface area contributed by atoms with E-state index in [-0.39, 0.29) is 5.91 Å². The van der Waals surface area contributed by atoms with E-state index in [0.29, 0.717) is 4.88 Å². The minimum absolute atomic E-state index is 0.202. The topological polar surface area (TPSA) is 58.4 Å². The average Bonchev–Trinajstić information content (AvgIpc) is 2.81. The van der Waals surface area contributed by atoms with Gasteiger partial charge in [0, 0.05) is 18.0 Å². The van der Waals surface area contributed by atoms with Gasteiger partial charge in [0.1, 0.15) is 0 Å². The van der Waals surface area contributed by atoms with Gasteiger partial charge in [-0.1, -0.05) is 13.8 Å². The summed E-state index contributed by atoms with van der Waals surface area (Å²) in [6.45, 7) is 7.90. The van der Waals surface area contributed by atoms with E-state index in [9.17, 15) is 4.79 Å². The zero-order valence-corrected chi connectivity index (χ0v) is 11.8. The highest BCUT2D eigenvalue weighted by Gasteiger charge is 2.23. The van der Waals surface area contributed by atoms with Gasteiger partial charge in [-0.2, -0.15) is 0 Å². The SMILES string of the molecule is CC1CCN(Cc2ccc(C(=O)NN)s2)CC1C. The van der Waals surface area contributed by atoms with E-state index in [2.05, 4.69) is 24.2 Å². The van der Waals surface area contributed by atoms with Crippen molar-refractivity contribution in [2.45, 2.75) is 26.8 Å². The summed E-state index contributed by atoms with van der Waals surface area (Å²) in [5, 5.41) is 0. The Morgan fingerprint density at radius 2 is 2.28 bits per heavy atom. The summed E-state index contributed by atoms with van der Waals surface area (Å²) >= 11 is 1.53. The first kappa shape index (κ1) is 13.5. The van der Waals surface area contributed by atoms with Crippen LogP contribution in [-0.2, 0) is 6.54 Å². The number of hydrazine groups is 1. The molecule has 0 bridgehead atoms. The van der Waals surface area contributed by atoms with E-state index in [0.717, 1.165) is 31.5 Å². The van der Waals surface area contributed by atoms with Crippen molar-refractivity contribution in [1.29, 1.82) is 0 Å². The van der Waals surface area contributed by atoms with Gasteiger partial charge in [0.25, 0.3) is 5.91 Å². The van der Waals surface area contributed by atoms with Crippen molar-refractivity contribution in [3.8, 4) is 0 Å². The first-order valence-electron chi connectivity index (χ1n) is 6.42. The number of nitrogens with zero attached hydrogens (tertiary/aromatic N) is 1. The van der Waals surface area contributed by atoms with E-state index < -0.39 is 0 Å². The number of piperidine rings is 1. The Balaban J connectivity index is 1.93. The van der Waals surface area contributed by atoms with Crippen molar-refractivity contribution in [3.05, 3.63) is 21.9 Å². The van der Waals surface area contributed by atoms with Crippen molar-refractivity contribution >= 4 is 17.2 Å². The molecule has 4 nitrogen and oxygen atoms in total. The summed E-state index contributed by atoms with van der Waals surface area (Å²) in [5.41, 5.74) is 2.17. The van der Waals surface area contributed by atoms with Gasteiger partial charge in [0.15, 0.2) is 0 Å². The lowest BCUT2D eigenvalue weighted by Gasteiger charge is -2.34. The van der Waals surface area contributed by atoms with Crippen LogP contribution in [0.15, 0.2) is 12.1 Å². The van der Waals surface area contributed by atoms with Crippen molar-refractivity contribution in [3.63, 3.8) is 0 Å². The van der Waals surface area contributed by atoms with E-state index in [1.54, 1.807) is 0 Å². The molecule has 1 aromatic heterocycles. The Morgan fingerprint density at radius 3 is 2.94 bits per heavy atom. The number of amides is 1. The van der Waals surface area contributed by atoms with Crippen LogP contribution < -0.4 is 11.3 Å². The van der Waals surface area contributed by atoms with Gasteiger partial charge < -0.3 is 0 Å². The fourth-order valence-electron chi connectivity index (χ4n) is 2.37. The fraction of sp³-hybridized carbons (Fsp3) is 0.615. The molecule has 1 aliphatic heterocycles. The van der Waals surface area contributed by atoms with Crippen molar-refractivity contribution in [1.82, 2.24) is 10.3 Å². The molecular weight excluding hydrogens is 246 g/mol. The van der Waals surface area contributed by atoms with E-state index >= 15 is 0 Å². The summed E-state index contributed by atoms with van der Waals surface area (Å²) in [5.74, 6) is 6.50. The Bertz CT molecular complexity index is 418. The summed E-state index contributed by atoms with van der Waals surface area (Å²) in [4.78, 5) is 15.8. The van der Waals surface area contributed by atoms with Crippen molar-refractivity contribution < 1.29 is 4.79 Å². The summed E-state index contributed by atoms with van der Waals surface area (Å²) in [6, 6.07) is 3.87. The lowest BCUT2D eigenvalue weighted by molar-refractivity contribution is 0.0957. The van der Waals surface area contributed by atoms with Crippen LogP contribution in [0.1, 0.15) is 34.8 Å². The number of thiophene rings is 1. The Morgan fingerprint density at radius 1 is 1.50 bits per heavy atom. The van der Waals surface area contributed by atoms with Crippen LogP contribution in [-0.4, -0.2) is 23.9 Å². The number of nitrogens with two attached hydrogens (primary N) is 1. The predicted octanol–water partition coefficient (Wildman–Crippen LogP) is 1.83. The van der Waals surface area contributed by atoms with Gasteiger partial charge in [0.2, 0.25) is 0 Å². The maximum atomic E-state index is 11.4. The molecule has 1 aliphatic rings. The van der Waals surface area contributed by atoms with Crippen LogP contribution in [0.4, 0.5) is 0 Å². The molecule has 1 amide bonds. The average molecular weight is 267 g/mol. The van der Waals surface area contributed by atoms with Gasteiger partial charge in [0.05, 0.1) is 4.88 Å². The maximum absolute atomic E-state index is 11.4. The fourth-order valence-corrected chi connectivity index (χ4v) is 3.32. The zero-order valence-electron chi connectivity index (χ0n) is 11.0. The first-order chi connectivity index (χ1) is 8.60. The van der Waals surface area contributed by atoms with Crippen LogP contribution in [0.2, 0.25) is 0 Å². The summed E-state index contributed by atoms with van der Waals surface area (Å²) < 4.78 is 0. The Labute approximate surface area is 112 Å². The molecule has 100 valence electrons. The molecule has 1 fully saturated rings. The quantitative estimate of drug-likeness (QED) is 0.499. The third-order valence-corrected chi connectivity index (χ3v) is 4.88. The van der Waals surface area contributed by atoms with Gasteiger partial charge in [-0.25, -0.2) is 5.84 Å². The molecule has 2 rings (SSSR count). The number of carbonyl (C=O) groups excluding carboxylic acids is 1. The Kier molecular flexibility index (Phi) is 4.37. The third-order valence-electron chi connectivity index (χ3n) is 3.81. The normalized spacial score (nSPS) is 25.1. The summed E-state index contributed by atoms with van der Waals surface area (Å²) in [6.07, 6.45) is 1.27. The molecule has 18 heavy (non-hydrogen) atoms. The van der Waals surface area contributed by atoms with Crippen molar-refractivity contribution in [2.24, 2.45) is 17.7 Å². The van der Waals surface area contributed by atoms with Gasteiger partial charge in [-0.3, -0.25) is 15.1 Å². The predicted molar refractivity (Wildman–Crippen MR) is 74.2 cm³/mol. The number of nitrogen functional groups attached to an aromatic ring is 1. The number of hydrogen-bond acceptors (Lipinski definition) is 4. The van der Waals surface area contributed by atoms with Crippen LogP contribution >= 0.6 is 11.3 Å². The molecule has 0 saturated carbocycles. The van der Waals surface area contributed by atoms with Crippen LogP contribution in [0.3, 0.4) is 0 Å². The van der Waals surface area contributed by atoms with Crippen LogP contribution in [0, 0.1) is 11.8 Å². The lowest BCUT2D eigenvalue weighted by atomic mass is 9.89. The highest BCUT2D eigenvalue weighted by molar-refractivity contribution is 7.14. The number of rotatable bonds is 3. The second-order valence-electron chi connectivity index (χ2n) is 5.22. The summed E-state index contributed by atoms with van der Waals surface area (Å²) in [7, 11) is 0. The molecule has 1 aromatic rings. The standard InChI is InChI=1S/C13H21N3OS/c1-9-5-6-16(7-10(9)2)8-11-3-4-12(18-11)13(17)15-14/h3-4,9-10H,5-8,14H2,1-2H3,(H,15,17). The molecule has 0 aromatic carbocycles. The molecule has 2 heterocycles. The maximum Gasteiger partial charge on any atom is 0.275 e. The van der Waals surface area contributed by atoms with Gasteiger partial charge in [-0.05, 0) is 36.9 Å². The molecule has 0 radical (unpaired) electrons. The molecule has 5 heteroatoms. The number of carbonyl (C=O) groups is 1. The highest BCUT2D eigenvalue weighted by Crippen LogP contribution is 2.25. The highest BCUT2D eigenvalue weighted by atomic mass is 32.1. The monoisotopic (exact) mass is 267 g/mol. The zero-order chi connectivity index (χ0) is 13.1. The molecule has 2 atom stereocenters. The number of hydrogen-bond donors (Lipinski definition) is 2. The third kappa shape index (κ3) is 3.10. The number of likely N-dealkylation sites (tertiary alicyclic amines) is 1. The number of nitrogens with one attached hydrogen (secondary N) is 1. The molecule has 0 spiro atoms. The van der Waals surface area contributed by atoms with E-state index in [1.165, 1.54) is 22.6 Å². The largest absolute Gasteiger partial charge is 0.298 e. The van der Waals surface area contributed by atoms with E-state index in [1.807, 2.05) is 12.1 Å². The molecule has 0 aliphatic carbocycles.